The monoisotopic (exact) mass is 1160 g/mol. The first kappa shape index (κ1) is 66.2. The van der Waals surface area contributed by atoms with Crippen molar-refractivity contribution in [1.82, 2.24) is 15.5 Å². The van der Waals surface area contributed by atoms with E-state index in [4.69, 9.17) is 23.7 Å². The van der Waals surface area contributed by atoms with Crippen molar-refractivity contribution in [3.63, 3.8) is 0 Å². The zero-order chi connectivity index (χ0) is 60.4. The molecule has 10 unspecified atom stereocenters. The van der Waals surface area contributed by atoms with E-state index in [9.17, 15) is 19.2 Å². The van der Waals surface area contributed by atoms with E-state index in [1.54, 1.807) is 19.1 Å². The Morgan fingerprint density at radius 2 is 1.37 bits per heavy atom. The number of fused-ring (bicyclic) bond motifs is 5. The fraction of sp³-hybridized carbons (Fsp3) is 0.667. The first-order valence-corrected chi connectivity index (χ1v) is 32.8. The maximum absolute atomic E-state index is 14.0. The van der Waals surface area contributed by atoms with E-state index >= 15 is 0 Å². The Hall–Kier alpha value is -5.36. The molecule has 3 aromatic rings. The second-order valence-corrected chi connectivity index (χ2v) is 26.6. The zero-order valence-electron chi connectivity index (χ0n) is 53.4. The lowest BCUT2D eigenvalue weighted by Crippen LogP contribution is -2.51. The fourth-order valence-corrected chi connectivity index (χ4v) is 15.4. The van der Waals surface area contributed by atoms with Crippen molar-refractivity contribution >= 4 is 23.9 Å². The molecule has 4 fully saturated rings. The molecule has 3 saturated carbocycles. The van der Waals surface area contributed by atoms with Gasteiger partial charge >= 0.3 is 12.1 Å². The summed E-state index contributed by atoms with van der Waals surface area (Å²) in [6.07, 6.45) is 20.8. The number of benzene rings is 3. The molecule has 464 valence electrons. The summed E-state index contributed by atoms with van der Waals surface area (Å²) in [5.41, 5.74) is 3.70. The fourth-order valence-electron chi connectivity index (χ4n) is 15.4. The molecule has 84 heavy (non-hydrogen) atoms. The summed E-state index contributed by atoms with van der Waals surface area (Å²) in [6, 6.07) is 25.7. The average Bonchev–Trinajstić information content (AvgIpc) is 1.53. The molecule has 11 atom stereocenters. The number of hydrogen-bond donors (Lipinski definition) is 2. The first-order valence-electron chi connectivity index (χ1n) is 32.8. The van der Waals surface area contributed by atoms with Crippen LogP contribution < -0.4 is 20.1 Å². The van der Waals surface area contributed by atoms with Crippen LogP contribution in [0.1, 0.15) is 207 Å². The van der Waals surface area contributed by atoms with Crippen LogP contribution in [0.2, 0.25) is 0 Å². The highest BCUT2D eigenvalue weighted by Crippen LogP contribution is 2.67. The van der Waals surface area contributed by atoms with E-state index < -0.39 is 17.7 Å². The van der Waals surface area contributed by atoms with Crippen LogP contribution in [0, 0.1) is 52.3 Å². The topological polar surface area (TPSA) is 142 Å². The number of amides is 3. The van der Waals surface area contributed by atoms with E-state index in [0.29, 0.717) is 42.8 Å². The van der Waals surface area contributed by atoms with Crippen LogP contribution in [0.5, 0.6) is 11.5 Å². The van der Waals surface area contributed by atoms with Crippen LogP contribution in [-0.2, 0) is 34.2 Å². The summed E-state index contributed by atoms with van der Waals surface area (Å²) in [6.45, 7) is 21.9. The summed E-state index contributed by atoms with van der Waals surface area (Å²) in [5.74, 6) is 5.08. The number of methoxy groups -OCH3 is 2. The minimum atomic E-state index is -1.11. The van der Waals surface area contributed by atoms with Gasteiger partial charge in [-0.15, -0.1) is 0 Å². The number of likely N-dealkylation sites (tertiary alicyclic amines) is 1. The smallest absolute Gasteiger partial charge is 0.407 e. The van der Waals surface area contributed by atoms with Crippen molar-refractivity contribution in [1.29, 1.82) is 0 Å². The van der Waals surface area contributed by atoms with Crippen LogP contribution in [0.25, 0.3) is 0 Å². The number of carbonyl (C=O) groups excluding carboxylic acids is 4. The quantitative estimate of drug-likeness (QED) is 0.0330. The predicted molar refractivity (Wildman–Crippen MR) is 336 cm³/mol. The second-order valence-electron chi connectivity index (χ2n) is 26.6. The highest BCUT2D eigenvalue weighted by atomic mass is 16.6. The summed E-state index contributed by atoms with van der Waals surface area (Å²) < 4.78 is 30.7. The average molecular weight is 1160 g/mol. The minimum absolute atomic E-state index is 0.00234. The number of ether oxygens (including phenoxy) is 5. The lowest BCUT2D eigenvalue weighted by Gasteiger charge is -2.58. The molecule has 1 aliphatic heterocycles. The number of unbranched alkanes of at least 4 members (excludes halogenated alkanes) is 3. The molecule has 0 radical (unpaired) electrons. The third-order valence-corrected chi connectivity index (χ3v) is 20.7. The Kier molecular flexibility index (Phi) is 24.7. The zero-order valence-corrected chi connectivity index (χ0v) is 53.4. The molecular formula is C72H107N3O9. The van der Waals surface area contributed by atoms with Gasteiger partial charge in [0.15, 0.2) is 0 Å². The molecule has 0 spiro atoms. The van der Waals surface area contributed by atoms with Gasteiger partial charge in [-0.05, 0) is 158 Å². The van der Waals surface area contributed by atoms with Gasteiger partial charge in [0.25, 0.3) is 0 Å². The SMILES string of the molecule is CCCC.CC[C@H](C)NC(=O)CCC(=O)OC1CN(C(=O)CCCCCNC(=O)OC2CCC3(C)C(=CCC4C3CCC3(C)C(C(C)CCCC(C)C)CCC43)C2)CC1COC(c1ccccc1)(c1ccc(OC)cc1)c1ccc(OC)cc1. The molecule has 3 aromatic carbocycles. The van der Waals surface area contributed by atoms with E-state index in [2.05, 4.69) is 65.2 Å². The van der Waals surface area contributed by atoms with E-state index in [-0.39, 0.29) is 67.4 Å². The molecule has 1 saturated heterocycles. The molecule has 4 aliphatic carbocycles. The maximum atomic E-state index is 14.0. The lowest BCUT2D eigenvalue weighted by molar-refractivity contribution is -0.153. The number of nitrogens with one attached hydrogen (secondary N) is 2. The van der Waals surface area contributed by atoms with Crippen LogP contribution >= 0.6 is 0 Å². The number of carbonyl (C=O) groups is 4. The molecule has 8 rings (SSSR count). The second kappa shape index (κ2) is 31.3. The van der Waals surface area contributed by atoms with Gasteiger partial charge in [-0.25, -0.2) is 4.79 Å². The summed E-state index contributed by atoms with van der Waals surface area (Å²) >= 11 is 0. The molecule has 2 N–H and O–H groups in total. The number of hydrogen-bond acceptors (Lipinski definition) is 9. The van der Waals surface area contributed by atoms with Gasteiger partial charge in [0.05, 0.1) is 33.8 Å². The number of esters is 1. The minimum Gasteiger partial charge on any atom is -0.497 e. The molecule has 5 aliphatic rings. The van der Waals surface area contributed by atoms with Gasteiger partial charge < -0.3 is 39.2 Å². The van der Waals surface area contributed by atoms with Crippen molar-refractivity contribution in [3.05, 3.63) is 107 Å². The summed E-state index contributed by atoms with van der Waals surface area (Å²) in [5, 5.41) is 5.94. The molecule has 3 amide bonds. The van der Waals surface area contributed by atoms with Crippen LogP contribution in [0.4, 0.5) is 4.79 Å². The number of rotatable bonds is 27. The van der Waals surface area contributed by atoms with Crippen LogP contribution in [0.15, 0.2) is 90.5 Å². The normalized spacial score (nSPS) is 26.0. The molecule has 0 aromatic heterocycles. The van der Waals surface area contributed by atoms with Gasteiger partial charge in [-0.3, -0.25) is 14.4 Å². The highest BCUT2D eigenvalue weighted by Gasteiger charge is 2.59. The van der Waals surface area contributed by atoms with Gasteiger partial charge in [-0.1, -0.05) is 160 Å². The molecule has 0 bridgehead atoms. The molecular weight excluding hydrogens is 1050 g/mol. The Morgan fingerprint density at radius 1 is 0.702 bits per heavy atom. The summed E-state index contributed by atoms with van der Waals surface area (Å²) in [4.78, 5) is 55.2. The Bertz CT molecular complexity index is 2520. The van der Waals surface area contributed by atoms with Gasteiger partial charge in [0.2, 0.25) is 11.8 Å². The summed E-state index contributed by atoms with van der Waals surface area (Å²) in [7, 11) is 3.27. The number of alkyl carbamates (subject to hydrolysis) is 1. The van der Waals surface area contributed by atoms with E-state index in [1.807, 2.05) is 92.7 Å². The highest BCUT2D eigenvalue weighted by molar-refractivity contribution is 5.81. The van der Waals surface area contributed by atoms with Crippen molar-refractivity contribution in [3.8, 4) is 11.5 Å². The van der Waals surface area contributed by atoms with Gasteiger partial charge in [0, 0.05) is 44.3 Å². The van der Waals surface area contributed by atoms with Crippen molar-refractivity contribution in [2.75, 3.05) is 40.5 Å². The lowest BCUT2D eigenvalue weighted by atomic mass is 9.47. The molecule has 12 nitrogen and oxygen atoms in total. The van der Waals surface area contributed by atoms with Gasteiger partial charge in [-0.2, -0.15) is 0 Å². The van der Waals surface area contributed by atoms with Crippen molar-refractivity contribution in [2.45, 2.75) is 215 Å². The number of nitrogens with zero attached hydrogens (tertiary/aromatic N) is 1. The van der Waals surface area contributed by atoms with Crippen molar-refractivity contribution < 1.29 is 42.9 Å². The third-order valence-electron chi connectivity index (χ3n) is 20.7. The van der Waals surface area contributed by atoms with Gasteiger partial charge in [0.1, 0.15) is 29.3 Å². The standard InChI is InChI=1S/C68H97N3O9.C4H10/c1-10-48(5)70-62(72)35-36-64(74)80-61-44-71(43-49(61)45-78-68(50-20-13-11-14-21-50,51-23-28-54(76-8)29-24-51)52-25-30-55(77-9)31-26-52)63(73)22-15-12-16-41-69-65(75)79-56-37-39-66(6)53(42-56)27-32-57-59-34-33-58(47(4)19-17-18-46(2)3)67(59,7)40-38-60(57)66;1-3-4-2/h11,13-14,20-21,23-31,46-49,56-61H,10,12,15-19,22,32-45H2,1-9H3,(H,69,75)(H,70,72);3-4H2,1-2H3/t47?,48-,49?,56?,57?,58?,59?,60?,61?,66?,67?;/m0./s1. The first-order chi connectivity index (χ1) is 40.4. The van der Waals surface area contributed by atoms with E-state index in [1.165, 1.54) is 69.8 Å². The van der Waals surface area contributed by atoms with Crippen LogP contribution in [0.3, 0.4) is 0 Å². The number of allylic oxidation sites excluding steroid dienone is 1. The molecule has 12 heteroatoms. The van der Waals surface area contributed by atoms with E-state index in [0.717, 1.165) is 90.7 Å². The Morgan fingerprint density at radius 3 is 2.00 bits per heavy atom. The largest absolute Gasteiger partial charge is 0.497 e. The molecule has 1 heterocycles. The maximum Gasteiger partial charge on any atom is 0.407 e. The Labute approximate surface area is 506 Å². The Balaban J connectivity index is 0.00000245. The predicted octanol–water partition coefficient (Wildman–Crippen LogP) is 15.6. The third kappa shape index (κ3) is 16.4. The van der Waals surface area contributed by atoms with Crippen LogP contribution in [-0.4, -0.2) is 87.5 Å². The van der Waals surface area contributed by atoms with Crippen molar-refractivity contribution in [2.24, 2.45) is 52.3 Å².